The number of carboxylic acid groups (broad SMARTS) is 1. The summed E-state index contributed by atoms with van der Waals surface area (Å²) in [6.45, 7) is 3.76. The number of rotatable bonds is 3. The topological polar surface area (TPSA) is 63.3 Å². The van der Waals surface area contributed by atoms with Crippen LogP contribution in [0.4, 0.5) is 0 Å². The summed E-state index contributed by atoms with van der Waals surface area (Å²) in [4.78, 5) is 10.5. The Labute approximate surface area is 93.9 Å². The molecule has 82 valence electrons. The summed E-state index contributed by atoms with van der Waals surface area (Å²) in [6.07, 6.45) is -0.0689. The van der Waals surface area contributed by atoms with Gasteiger partial charge in [0.05, 0.1) is 6.42 Å². The molecule has 1 unspecified atom stereocenters. The Balaban J connectivity index is 3.00. The number of benzene rings is 1. The van der Waals surface area contributed by atoms with E-state index in [4.69, 9.17) is 22.4 Å². The van der Waals surface area contributed by atoms with E-state index in [1.54, 1.807) is 0 Å². The van der Waals surface area contributed by atoms with Gasteiger partial charge in [-0.3, -0.25) is 4.79 Å². The van der Waals surface area contributed by atoms with Crippen molar-refractivity contribution in [2.24, 2.45) is 5.73 Å². The van der Waals surface area contributed by atoms with E-state index in [0.717, 1.165) is 16.7 Å². The second-order valence-electron chi connectivity index (χ2n) is 3.67. The number of hydrogen-bond acceptors (Lipinski definition) is 2. The lowest BCUT2D eigenvalue weighted by molar-refractivity contribution is -0.137. The molecule has 0 radical (unpaired) electrons. The van der Waals surface area contributed by atoms with E-state index in [-0.39, 0.29) is 6.42 Å². The molecule has 0 bridgehead atoms. The van der Waals surface area contributed by atoms with Gasteiger partial charge in [-0.15, -0.1) is 0 Å². The quantitative estimate of drug-likeness (QED) is 0.834. The van der Waals surface area contributed by atoms with Gasteiger partial charge in [-0.1, -0.05) is 23.7 Å². The van der Waals surface area contributed by atoms with Crippen LogP contribution in [0.5, 0.6) is 0 Å². The van der Waals surface area contributed by atoms with Crippen molar-refractivity contribution in [3.05, 3.63) is 33.8 Å². The van der Waals surface area contributed by atoms with E-state index < -0.39 is 12.0 Å². The van der Waals surface area contributed by atoms with Gasteiger partial charge in [-0.2, -0.15) is 0 Å². The molecule has 1 aromatic rings. The molecule has 1 atom stereocenters. The van der Waals surface area contributed by atoms with Gasteiger partial charge in [0.25, 0.3) is 0 Å². The average molecular weight is 228 g/mol. The van der Waals surface area contributed by atoms with Crippen LogP contribution in [0.15, 0.2) is 12.1 Å². The van der Waals surface area contributed by atoms with Crippen LogP contribution in [0, 0.1) is 13.8 Å². The molecule has 0 heterocycles. The summed E-state index contributed by atoms with van der Waals surface area (Å²) in [6, 6.07) is 3.20. The van der Waals surface area contributed by atoms with Crippen molar-refractivity contribution in [3.8, 4) is 0 Å². The molecule has 3 nitrogen and oxygen atoms in total. The van der Waals surface area contributed by atoms with E-state index in [1.165, 1.54) is 0 Å². The highest BCUT2D eigenvalue weighted by atomic mass is 35.5. The predicted octanol–water partition coefficient (Wildman–Crippen LogP) is 2.43. The van der Waals surface area contributed by atoms with Crippen LogP contribution in [0.3, 0.4) is 0 Å². The molecule has 15 heavy (non-hydrogen) atoms. The molecule has 0 spiro atoms. The molecular weight excluding hydrogens is 214 g/mol. The molecule has 0 aromatic heterocycles. The molecule has 0 aliphatic rings. The third-order valence-corrected chi connectivity index (χ3v) is 2.88. The zero-order valence-electron chi connectivity index (χ0n) is 8.75. The van der Waals surface area contributed by atoms with E-state index in [1.807, 2.05) is 26.0 Å². The molecular formula is C11H14ClNO2. The summed E-state index contributed by atoms with van der Waals surface area (Å²) in [5.41, 5.74) is 8.42. The minimum atomic E-state index is -0.896. The first-order valence-corrected chi connectivity index (χ1v) is 5.03. The van der Waals surface area contributed by atoms with Crippen LogP contribution in [-0.2, 0) is 4.79 Å². The number of aryl methyl sites for hydroxylation is 2. The minimum absolute atomic E-state index is 0.0689. The molecule has 0 aliphatic carbocycles. The number of carboxylic acids is 1. The highest BCUT2D eigenvalue weighted by Crippen LogP contribution is 2.25. The van der Waals surface area contributed by atoms with Gasteiger partial charge in [0, 0.05) is 11.1 Å². The summed E-state index contributed by atoms with van der Waals surface area (Å²) in [5, 5.41) is 9.34. The van der Waals surface area contributed by atoms with Crippen molar-refractivity contribution in [3.63, 3.8) is 0 Å². The zero-order valence-corrected chi connectivity index (χ0v) is 9.51. The van der Waals surface area contributed by atoms with Crippen LogP contribution < -0.4 is 5.73 Å². The van der Waals surface area contributed by atoms with Gasteiger partial charge in [-0.05, 0) is 30.5 Å². The number of nitrogens with two attached hydrogens (primary N) is 1. The van der Waals surface area contributed by atoms with Crippen molar-refractivity contribution >= 4 is 17.6 Å². The second-order valence-corrected chi connectivity index (χ2v) is 4.05. The van der Waals surface area contributed by atoms with Crippen molar-refractivity contribution in [1.29, 1.82) is 0 Å². The maximum Gasteiger partial charge on any atom is 0.305 e. The molecule has 0 fully saturated rings. The lowest BCUT2D eigenvalue weighted by Crippen LogP contribution is -2.15. The Bertz CT molecular complexity index is 367. The normalized spacial score (nSPS) is 12.5. The molecule has 1 rings (SSSR count). The standard InChI is InChI=1S/C11H14ClNO2/c1-6-3-8(4-7(2)11(6)12)9(13)5-10(14)15/h3-4,9H,5,13H2,1-2H3,(H,14,15). The van der Waals surface area contributed by atoms with E-state index in [2.05, 4.69) is 0 Å². The summed E-state index contributed by atoms with van der Waals surface area (Å²) in [7, 11) is 0. The van der Waals surface area contributed by atoms with Gasteiger partial charge in [0.1, 0.15) is 0 Å². The smallest absolute Gasteiger partial charge is 0.305 e. The van der Waals surface area contributed by atoms with Crippen LogP contribution in [0.25, 0.3) is 0 Å². The van der Waals surface area contributed by atoms with Crippen molar-refractivity contribution < 1.29 is 9.90 Å². The van der Waals surface area contributed by atoms with Crippen LogP contribution >= 0.6 is 11.6 Å². The SMILES string of the molecule is Cc1cc(C(N)CC(=O)O)cc(C)c1Cl. The Morgan fingerprint density at radius 3 is 2.33 bits per heavy atom. The fourth-order valence-corrected chi connectivity index (χ4v) is 1.61. The van der Waals surface area contributed by atoms with Gasteiger partial charge in [0.15, 0.2) is 0 Å². The van der Waals surface area contributed by atoms with E-state index >= 15 is 0 Å². The predicted molar refractivity (Wildman–Crippen MR) is 60.1 cm³/mol. The first kappa shape index (κ1) is 12.0. The highest BCUT2D eigenvalue weighted by Gasteiger charge is 2.12. The zero-order chi connectivity index (χ0) is 11.6. The summed E-state index contributed by atoms with van der Waals surface area (Å²) < 4.78 is 0. The van der Waals surface area contributed by atoms with E-state index in [9.17, 15) is 4.79 Å². The Morgan fingerprint density at radius 1 is 1.47 bits per heavy atom. The highest BCUT2D eigenvalue weighted by molar-refractivity contribution is 6.32. The molecule has 4 heteroatoms. The van der Waals surface area contributed by atoms with Crippen molar-refractivity contribution in [1.82, 2.24) is 0 Å². The molecule has 0 aliphatic heterocycles. The molecule has 0 saturated carbocycles. The summed E-state index contributed by atoms with van der Waals surface area (Å²) >= 11 is 6.00. The van der Waals surface area contributed by atoms with Crippen LogP contribution in [0.1, 0.15) is 29.2 Å². The maximum absolute atomic E-state index is 10.5. The minimum Gasteiger partial charge on any atom is -0.481 e. The van der Waals surface area contributed by atoms with Gasteiger partial charge >= 0.3 is 5.97 Å². The fraction of sp³-hybridized carbons (Fsp3) is 0.364. The maximum atomic E-state index is 10.5. The second kappa shape index (κ2) is 4.64. The third-order valence-electron chi connectivity index (χ3n) is 2.28. The Morgan fingerprint density at radius 2 is 1.93 bits per heavy atom. The number of aliphatic carboxylic acids is 1. The number of halogens is 1. The van der Waals surface area contributed by atoms with Gasteiger partial charge < -0.3 is 10.8 Å². The van der Waals surface area contributed by atoms with Crippen molar-refractivity contribution in [2.45, 2.75) is 26.3 Å². The third kappa shape index (κ3) is 2.94. The molecule has 3 N–H and O–H groups in total. The lowest BCUT2D eigenvalue weighted by Gasteiger charge is -2.12. The van der Waals surface area contributed by atoms with Gasteiger partial charge in [0.2, 0.25) is 0 Å². The molecule has 1 aromatic carbocycles. The lowest BCUT2D eigenvalue weighted by atomic mass is 10.00. The number of hydrogen-bond donors (Lipinski definition) is 2. The van der Waals surface area contributed by atoms with Crippen molar-refractivity contribution in [2.75, 3.05) is 0 Å². The van der Waals surface area contributed by atoms with E-state index in [0.29, 0.717) is 5.02 Å². The largest absolute Gasteiger partial charge is 0.481 e. The molecule has 0 amide bonds. The number of carbonyl (C=O) groups is 1. The monoisotopic (exact) mass is 227 g/mol. The fourth-order valence-electron chi connectivity index (χ4n) is 1.50. The van der Waals surface area contributed by atoms with Crippen LogP contribution in [0.2, 0.25) is 5.02 Å². The average Bonchev–Trinajstić information content (AvgIpc) is 2.12. The van der Waals surface area contributed by atoms with Crippen LogP contribution in [-0.4, -0.2) is 11.1 Å². The summed E-state index contributed by atoms with van der Waals surface area (Å²) in [5.74, 6) is -0.896. The van der Waals surface area contributed by atoms with Gasteiger partial charge in [-0.25, -0.2) is 0 Å². The first-order chi connectivity index (χ1) is 6.91. The Hall–Kier alpha value is -1.06. The Kier molecular flexibility index (Phi) is 3.72. The molecule has 0 saturated heterocycles. The first-order valence-electron chi connectivity index (χ1n) is 4.66.